The number of halogens is 1. The molecule has 28 heavy (non-hydrogen) atoms. The summed E-state index contributed by atoms with van der Waals surface area (Å²) in [5.41, 5.74) is 7.02. The van der Waals surface area contributed by atoms with Gasteiger partial charge in [0.05, 0.1) is 0 Å². The van der Waals surface area contributed by atoms with Crippen molar-refractivity contribution in [2.45, 2.75) is 63.1 Å². The van der Waals surface area contributed by atoms with Crippen molar-refractivity contribution in [1.82, 2.24) is 10.2 Å². The Labute approximate surface area is 167 Å². The largest absolute Gasteiger partial charge is 0.371 e. The van der Waals surface area contributed by atoms with Crippen molar-refractivity contribution < 1.29 is 9.18 Å². The topological polar surface area (TPSA) is 61.6 Å². The van der Waals surface area contributed by atoms with Crippen LogP contribution in [0, 0.1) is 11.7 Å². The van der Waals surface area contributed by atoms with Gasteiger partial charge in [-0.25, -0.2) is 4.39 Å². The van der Waals surface area contributed by atoms with E-state index in [0.29, 0.717) is 25.0 Å². The Morgan fingerprint density at radius 3 is 2.36 bits per heavy atom. The van der Waals surface area contributed by atoms with Gasteiger partial charge in [0.1, 0.15) is 5.82 Å². The lowest BCUT2D eigenvalue weighted by Gasteiger charge is -2.34. The third-order valence-electron chi connectivity index (χ3n) is 6.68. The highest BCUT2D eigenvalue weighted by Crippen LogP contribution is 2.35. The van der Waals surface area contributed by atoms with E-state index in [1.807, 2.05) is 12.1 Å². The van der Waals surface area contributed by atoms with Crippen molar-refractivity contribution in [2.75, 3.05) is 31.1 Å². The Hall–Kier alpha value is -1.66. The third kappa shape index (κ3) is 4.84. The zero-order chi connectivity index (χ0) is 19.5. The summed E-state index contributed by atoms with van der Waals surface area (Å²) < 4.78 is 13.1. The average Bonchev–Trinajstić information content (AvgIpc) is 3.44. The van der Waals surface area contributed by atoms with E-state index < -0.39 is 0 Å². The minimum Gasteiger partial charge on any atom is -0.371 e. The molecule has 154 valence electrons. The number of benzene rings is 1. The molecule has 0 unspecified atom stereocenters. The Morgan fingerprint density at radius 1 is 1.04 bits per heavy atom. The van der Waals surface area contributed by atoms with Gasteiger partial charge in [0.15, 0.2) is 0 Å². The Balaban J connectivity index is 1.23. The monoisotopic (exact) mass is 388 g/mol. The number of carbonyl (C=O) groups is 1. The highest BCUT2D eigenvalue weighted by molar-refractivity contribution is 5.77. The summed E-state index contributed by atoms with van der Waals surface area (Å²) in [6.45, 7) is 3.61. The minimum atomic E-state index is -0.203. The summed E-state index contributed by atoms with van der Waals surface area (Å²) in [4.78, 5) is 17.5. The van der Waals surface area contributed by atoms with Crippen LogP contribution in [0.1, 0.15) is 44.9 Å². The van der Waals surface area contributed by atoms with Crippen LogP contribution in [0.3, 0.4) is 0 Å². The molecule has 0 bridgehead atoms. The van der Waals surface area contributed by atoms with Gasteiger partial charge in [-0.15, -0.1) is 0 Å². The number of nitrogens with zero attached hydrogens (tertiary/aromatic N) is 2. The van der Waals surface area contributed by atoms with Gasteiger partial charge in [-0.2, -0.15) is 0 Å². The van der Waals surface area contributed by atoms with Crippen molar-refractivity contribution >= 4 is 11.6 Å². The van der Waals surface area contributed by atoms with Crippen molar-refractivity contribution in [2.24, 2.45) is 11.7 Å². The van der Waals surface area contributed by atoms with E-state index >= 15 is 0 Å². The quantitative estimate of drug-likeness (QED) is 0.753. The molecule has 4 rings (SSSR count). The molecule has 1 aliphatic carbocycles. The summed E-state index contributed by atoms with van der Waals surface area (Å²) >= 11 is 0. The van der Waals surface area contributed by atoms with Gasteiger partial charge in [0, 0.05) is 56.4 Å². The molecule has 3 fully saturated rings. The predicted molar refractivity (Wildman–Crippen MR) is 110 cm³/mol. The first kappa shape index (κ1) is 19.6. The molecule has 1 aromatic carbocycles. The fraction of sp³-hybridized carbons (Fsp3) is 0.682. The number of nitrogens with two attached hydrogens (primary N) is 1. The molecular formula is C22H33FN4O. The van der Waals surface area contributed by atoms with E-state index in [1.165, 1.54) is 25.0 Å². The number of carbonyl (C=O) groups excluding carboxylic acids is 1. The van der Waals surface area contributed by atoms with Crippen LogP contribution in [-0.4, -0.2) is 55.1 Å². The van der Waals surface area contributed by atoms with Crippen LogP contribution in [-0.2, 0) is 4.79 Å². The number of likely N-dealkylation sites (tertiary alicyclic amines) is 1. The lowest BCUT2D eigenvalue weighted by Crippen LogP contribution is -2.47. The Morgan fingerprint density at radius 2 is 1.71 bits per heavy atom. The molecule has 2 heterocycles. The van der Waals surface area contributed by atoms with Crippen LogP contribution in [0.25, 0.3) is 0 Å². The molecule has 0 aromatic heterocycles. The van der Waals surface area contributed by atoms with E-state index in [1.54, 1.807) is 0 Å². The standard InChI is InChI=1S/C22H33FN4O/c23-17-3-5-19(6-4-17)26-11-9-18(10-12-26)25-22(28)13-20-7-8-21(14-24)27(20)15-16-1-2-16/h3-6,16,18,20-21H,1-2,7-15,24H2,(H,25,28)/t20-,21+/m0/s1. The van der Waals surface area contributed by atoms with Crippen molar-refractivity contribution in [3.8, 4) is 0 Å². The number of nitrogens with one attached hydrogen (secondary N) is 1. The highest BCUT2D eigenvalue weighted by Gasteiger charge is 2.37. The van der Waals surface area contributed by atoms with Gasteiger partial charge in [-0.3, -0.25) is 9.69 Å². The van der Waals surface area contributed by atoms with E-state index in [-0.39, 0.29) is 17.8 Å². The Kier molecular flexibility index (Phi) is 6.16. The second kappa shape index (κ2) is 8.78. The van der Waals surface area contributed by atoms with Crippen LogP contribution < -0.4 is 16.0 Å². The molecule has 1 aromatic rings. The zero-order valence-electron chi connectivity index (χ0n) is 16.7. The third-order valence-corrected chi connectivity index (χ3v) is 6.68. The Bertz CT molecular complexity index is 655. The van der Waals surface area contributed by atoms with E-state index in [0.717, 1.165) is 56.9 Å². The fourth-order valence-electron chi connectivity index (χ4n) is 4.82. The summed E-state index contributed by atoms with van der Waals surface area (Å²) in [6, 6.07) is 7.73. The minimum absolute atomic E-state index is 0.184. The maximum atomic E-state index is 13.1. The molecule has 2 saturated heterocycles. The summed E-state index contributed by atoms with van der Waals surface area (Å²) in [7, 11) is 0. The smallest absolute Gasteiger partial charge is 0.221 e. The summed E-state index contributed by atoms with van der Waals surface area (Å²) in [5, 5.41) is 3.27. The van der Waals surface area contributed by atoms with Crippen LogP contribution in [0.15, 0.2) is 24.3 Å². The molecule has 1 amide bonds. The molecule has 3 aliphatic rings. The van der Waals surface area contributed by atoms with Gasteiger partial charge in [0.2, 0.25) is 5.91 Å². The van der Waals surface area contributed by atoms with E-state index in [9.17, 15) is 9.18 Å². The first-order chi connectivity index (χ1) is 13.6. The van der Waals surface area contributed by atoms with Crippen molar-refractivity contribution in [3.63, 3.8) is 0 Å². The van der Waals surface area contributed by atoms with Gasteiger partial charge in [-0.1, -0.05) is 0 Å². The molecule has 2 aliphatic heterocycles. The molecule has 2 atom stereocenters. The summed E-state index contributed by atoms with van der Waals surface area (Å²) in [6.07, 6.45) is 7.35. The maximum Gasteiger partial charge on any atom is 0.221 e. The fourth-order valence-corrected chi connectivity index (χ4v) is 4.82. The molecule has 0 radical (unpaired) electrons. The molecular weight excluding hydrogens is 355 g/mol. The van der Waals surface area contributed by atoms with Gasteiger partial charge in [0.25, 0.3) is 0 Å². The predicted octanol–water partition coefficient (Wildman–Crippen LogP) is 2.50. The maximum absolute atomic E-state index is 13.1. The zero-order valence-corrected chi connectivity index (χ0v) is 16.7. The highest BCUT2D eigenvalue weighted by atomic mass is 19.1. The van der Waals surface area contributed by atoms with Crippen molar-refractivity contribution in [3.05, 3.63) is 30.1 Å². The second-order valence-corrected chi connectivity index (χ2v) is 8.77. The number of rotatable bonds is 7. The average molecular weight is 389 g/mol. The van der Waals surface area contributed by atoms with Crippen LogP contribution >= 0.6 is 0 Å². The van der Waals surface area contributed by atoms with E-state index in [4.69, 9.17) is 5.73 Å². The molecule has 3 N–H and O–H groups in total. The van der Waals surface area contributed by atoms with Crippen molar-refractivity contribution in [1.29, 1.82) is 0 Å². The lowest BCUT2D eigenvalue weighted by atomic mass is 10.0. The summed E-state index contributed by atoms with van der Waals surface area (Å²) in [5.74, 6) is 0.808. The number of hydrogen-bond donors (Lipinski definition) is 2. The van der Waals surface area contributed by atoms with Crippen LogP contribution in [0.2, 0.25) is 0 Å². The number of hydrogen-bond acceptors (Lipinski definition) is 4. The van der Waals surface area contributed by atoms with Gasteiger partial charge >= 0.3 is 0 Å². The molecule has 5 nitrogen and oxygen atoms in total. The SMILES string of the molecule is NC[C@H]1CC[C@@H](CC(=O)NC2CCN(c3ccc(F)cc3)CC2)N1CC1CC1. The first-order valence-electron chi connectivity index (χ1n) is 10.9. The van der Waals surface area contributed by atoms with Gasteiger partial charge in [-0.05, 0) is 68.7 Å². The lowest BCUT2D eigenvalue weighted by molar-refractivity contribution is -0.123. The number of amides is 1. The molecule has 1 saturated carbocycles. The second-order valence-electron chi connectivity index (χ2n) is 8.77. The number of piperidine rings is 1. The number of anilines is 1. The van der Waals surface area contributed by atoms with Crippen LogP contribution in [0.4, 0.5) is 10.1 Å². The normalized spacial score (nSPS) is 26.6. The van der Waals surface area contributed by atoms with Gasteiger partial charge < -0.3 is 16.0 Å². The van der Waals surface area contributed by atoms with E-state index in [2.05, 4.69) is 15.1 Å². The van der Waals surface area contributed by atoms with Crippen LogP contribution in [0.5, 0.6) is 0 Å². The molecule has 0 spiro atoms. The molecule has 6 heteroatoms. The first-order valence-corrected chi connectivity index (χ1v) is 10.9.